The molecular formula is C27H40O3. The molecule has 0 bridgehead atoms. The fourth-order valence-electron chi connectivity index (χ4n) is 6.63. The molecule has 4 aliphatic rings. The van der Waals surface area contributed by atoms with Gasteiger partial charge < -0.3 is 15.3 Å². The van der Waals surface area contributed by atoms with Crippen molar-refractivity contribution in [2.24, 2.45) is 29.1 Å². The van der Waals surface area contributed by atoms with Crippen LogP contribution in [0.15, 0.2) is 47.6 Å². The molecule has 0 aromatic rings. The van der Waals surface area contributed by atoms with E-state index in [2.05, 4.69) is 44.7 Å². The van der Waals surface area contributed by atoms with Crippen LogP contribution in [0.5, 0.6) is 0 Å². The van der Waals surface area contributed by atoms with Crippen molar-refractivity contribution in [1.29, 1.82) is 0 Å². The molecule has 4 fully saturated rings. The Morgan fingerprint density at radius 2 is 1.87 bits per heavy atom. The van der Waals surface area contributed by atoms with Gasteiger partial charge in [-0.05, 0) is 91.6 Å². The Hall–Kier alpha value is -1.16. The minimum absolute atomic E-state index is 0.250. The van der Waals surface area contributed by atoms with E-state index < -0.39 is 12.2 Å². The standard InChI is InChI=1S/C27H40O3/c1-17(6-13-25(29)20-8-9-20)23-11-12-24-19(5-4-14-27(23,24)3)7-10-21-15-22(28)16-26(30)18(21)2/h6-7,10,13,17,20,22-26,28-30H,2,4-5,8-9,11-12,14-16H2,1,3H3/b13-6+,19-7+,21-10-/t17-,22+,23-,24+,25+,26-,27-/m1/s1. The Labute approximate surface area is 182 Å². The van der Waals surface area contributed by atoms with E-state index in [1.54, 1.807) is 0 Å². The fraction of sp³-hybridized carbons (Fsp3) is 0.704. The van der Waals surface area contributed by atoms with E-state index in [0.717, 1.165) is 17.6 Å². The van der Waals surface area contributed by atoms with E-state index in [0.29, 0.717) is 41.9 Å². The Balaban J connectivity index is 1.48. The van der Waals surface area contributed by atoms with Gasteiger partial charge in [-0.15, -0.1) is 0 Å². The zero-order valence-corrected chi connectivity index (χ0v) is 18.8. The first-order valence-corrected chi connectivity index (χ1v) is 12.1. The van der Waals surface area contributed by atoms with E-state index >= 15 is 0 Å². The molecule has 0 aliphatic heterocycles. The molecule has 0 aromatic carbocycles. The smallest absolute Gasteiger partial charge is 0.0811 e. The highest BCUT2D eigenvalue weighted by Gasteiger charge is 2.50. The number of aliphatic hydroxyl groups is 3. The van der Waals surface area contributed by atoms with E-state index in [9.17, 15) is 15.3 Å². The van der Waals surface area contributed by atoms with Gasteiger partial charge >= 0.3 is 0 Å². The van der Waals surface area contributed by atoms with Crippen LogP contribution in [-0.4, -0.2) is 33.6 Å². The van der Waals surface area contributed by atoms with Crippen molar-refractivity contribution in [3.8, 4) is 0 Å². The zero-order valence-electron chi connectivity index (χ0n) is 18.8. The van der Waals surface area contributed by atoms with Gasteiger partial charge in [0.25, 0.3) is 0 Å². The molecule has 3 heteroatoms. The lowest BCUT2D eigenvalue weighted by Gasteiger charge is -2.44. The minimum atomic E-state index is -0.621. The number of hydrogen-bond donors (Lipinski definition) is 3. The third-order valence-corrected chi connectivity index (χ3v) is 8.65. The van der Waals surface area contributed by atoms with Crippen molar-refractivity contribution >= 4 is 0 Å². The Morgan fingerprint density at radius 1 is 1.10 bits per heavy atom. The van der Waals surface area contributed by atoms with Crippen LogP contribution >= 0.6 is 0 Å². The highest BCUT2D eigenvalue weighted by atomic mass is 16.3. The van der Waals surface area contributed by atoms with Crippen LogP contribution in [0.4, 0.5) is 0 Å². The van der Waals surface area contributed by atoms with Crippen molar-refractivity contribution in [3.63, 3.8) is 0 Å². The molecule has 166 valence electrons. The van der Waals surface area contributed by atoms with Crippen molar-refractivity contribution in [2.75, 3.05) is 0 Å². The molecule has 0 amide bonds. The summed E-state index contributed by atoms with van der Waals surface area (Å²) in [6.07, 6.45) is 16.9. The van der Waals surface area contributed by atoms with Gasteiger partial charge in [-0.3, -0.25) is 0 Å². The number of aliphatic hydroxyl groups excluding tert-OH is 3. The summed E-state index contributed by atoms with van der Waals surface area (Å²) in [7, 11) is 0. The second kappa shape index (κ2) is 8.76. The van der Waals surface area contributed by atoms with E-state index in [1.807, 2.05) is 0 Å². The summed E-state index contributed by atoms with van der Waals surface area (Å²) in [4.78, 5) is 0. The van der Waals surface area contributed by atoms with Crippen LogP contribution in [0.25, 0.3) is 0 Å². The molecule has 4 aliphatic carbocycles. The van der Waals surface area contributed by atoms with Gasteiger partial charge in [0.15, 0.2) is 0 Å². The predicted octanol–water partition coefficient (Wildman–Crippen LogP) is 5.09. The maximum atomic E-state index is 10.2. The monoisotopic (exact) mass is 412 g/mol. The quantitative estimate of drug-likeness (QED) is 0.551. The summed E-state index contributed by atoms with van der Waals surface area (Å²) in [5, 5.41) is 30.4. The third kappa shape index (κ3) is 4.40. The number of allylic oxidation sites excluding steroid dienone is 4. The summed E-state index contributed by atoms with van der Waals surface area (Å²) < 4.78 is 0. The first-order chi connectivity index (χ1) is 14.3. The minimum Gasteiger partial charge on any atom is -0.393 e. The molecule has 0 saturated heterocycles. The molecule has 0 spiro atoms. The maximum absolute atomic E-state index is 10.2. The van der Waals surface area contributed by atoms with E-state index in [1.165, 1.54) is 44.1 Å². The fourth-order valence-corrected chi connectivity index (χ4v) is 6.63. The predicted molar refractivity (Wildman–Crippen MR) is 122 cm³/mol. The molecule has 3 N–H and O–H groups in total. The molecule has 4 saturated carbocycles. The van der Waals surface area contributed by atoms with Gasteiger partial charge in [-0.1, -0.05) is 50.3 Å². The third-order valence-electron chi connectivity index (χ3n) is 8.65. The molecule has 0 radical (unpaired) electrons. The molecule has 4 rings (SSSR count). The molecule has 0 unspecified atom stereocenters. The van der Waals surface area contributed by atoms with Crippen LogP contribution in [-0.2, 0) is 0 Å². The topological polar surface area (TPSA) is 60.7 Å². The molecule has 0 heterocycles. The first-order valence-electron chi connectivity index (χ1n) is 12.1. The van der Waals surface area contributed by atoms with Crippen LogP contribution in [0.1, 0.15) is 71.6 Å². The molecule has 0 aromatic heterocycles. The number of fused-ring (bicyclic) bond motifs is 1. The lowest BCUT2D eigenvalue weighted by Crippen LogP contribution is -2.35. The second-order valence-corrected chi connectivity index (χ2v) is 10.7. The van der Waals surface area contributed by atoms with Gasteiger partial charge in [0.1, 0.15) is 0 Å². The number of rotatable bonds is 5. The van der Waals surface area contributed by atoms with Crippen molar-refractivity contribution in [1.82, 2.24) is 0 Å². The average Bonchev–Trinajstić information content (AvgIpc) is 3.49. The van der Waals surface area contributed by atoms with Crippen molar-refractivity contribution in [3.05, 3.63) is 47.6 Å². The summed E-state index contributed by atoms with van der Waals surface area (Å²) in [5.74, 6) is 2.28. The van der Waals surface area contributed by atoms with Crippen molar-refractivity contribution < 1.29 is 15.3 Å². The highest BCUT2D eigenvalue weighted by Crippen LogP contribution is 2.59. The largest absolute Gasteiger partial charge is 0.393 e. The first kappa shape index (κ1) is 22.0. The lowest BCUT2D eigenvalue weighted by molar-refractivity contribution is 0.0862. The van der Waals surface area contributed by atoms with E-state index in [4.69, 9.17) is 0 Å². The Kier molecular flexibility index (Phi) is 6.44. The van der Waals surface area contributed by atoms with Crippen LogP contribution in [0.3, 0.4) is 0 Å². The van der Waals surface area contributed by atoms with Gasteiger partial charge in [0.05, 0.1) is 18.3 Å². The van der Waals surface area contributed by atoms with Crippen LogP contribution < -0.4 is 0 Å². The zero-order chi connectivity index (χ0) is 21.5. The Bertz CT molecular complexity index is 743. The normalized spacial score (nSPS) is 42.1. The maximum Gasteiger partial charge on any atom is 0.0811 e. The van der Waals surface area contributed by atoms with E-state index in [-0.39, 0.29) is 6.10 Å². The molecule has 7 atom stereocenters. The van der Waals surface area contributed by atoms with Crippen LogP contribution in [0.2, 0.25) is 0 Å². The summed E-state index contributed by atoms with van der Waals surface area (Å²) in [6.45, 7) is 8.88. The summed E-state index contributed by atoms with van der Waals surface area (Å²) in [5.41, 5.74) is 3.63. The second-order valence-electron chi connectivity index (χ2n) is 10.7. The lowest BCUT2D eigenvalue weighted by atomic mass is 9.61. The average molecular weight is 413 g/mol. The van der Waals surface area contributed by atoms with Gasteiger partial charge in [-0.2, -0.15) is 0 Å². The SMILES string of the molecule is C=C1/C(=C\C=C2/CCC[C@]3(C)[C@@H]([C@H](C)/C=C/[C@H](O)C4CC4)CC[C@@H]23)C[C@H](O)C[C@H]1O. The van der Waals surface area contributed by atoms with Gasteiger partial charge in [0.2, 0.25) is 0 Å². The number of hydrogen-bond acceptors (Lipinski definition) is 3. The Morgan fingerprint density at radius 3 is 2.60 bits per heavy atom. The van der Waals surface area contributed by atoms with Crippen molar-refractivity contribution in [2.45, 2.75) is 89.9 Å². The highest BCUT2D eigenvalue weighted by molar-refractivity contribution is 5.38. The summed E-state index contributed by atoms with van der Waals surface area (Å²) >= 11 is 0. The van der Waals surface area contributed by atoms with Gasteiger partial charge in [0, 0.05) is 6.42 Å². The van der Waals surface area contributed by atoms with Crippen LogP contribution in [0, 0.1) is 29.1 Å². The van der Waals surface area contributed by atoms with Gasteiger partial charge in [-0.25, -0.2) is 0 Å². The molecule has 3 nitrogen and oxygen atoms in total. The summed E-state index contributed by atoms with van der Waals surface area (Å²) in [6, 6.07) is 0. The molecular weight excluding hydrogens is 372 g/mol. The molecule has 30 heavy (non-hydrogen) atoms.